The first-order chi connectivity index (χ1) is 7.34. The van der Waals surface area contributed by atoms with Gasteiger partial charge >= 0.3 is 0 Å². The summed E-state index contributed by atoms with van der Waals surface area (Å²) < 4.78 is 0.963. The second kappa shape index (κ2) is 3.52. The Kier molecular flexibility index (Phi) is 2.16. The van der Waals surface area contributed by atoms with Gasteiger partial charge in [-0.2, -0.15) is 5.10 Å². The quantitative estimate of drug-likeness (QED) is 0.860. The Bertz CT molecular complexity index is 486. The summed E-state index contributed by atoms with van der Waals surface area (Å²) in [7, 11) is 0. The maximum Gasteiger partial charge on any atom is 0.108 e. The molecule has 0 saturated carbocycles. The Morgan fingerprint density at radius 3 is 2.87 bits per heavy atom. The van der Waals surface area contributed by atoms with Gasteiger partial charge in [-0.05, 0) is 47.0 Å². The summed E-state index contributed by atoms with van der Waals surface area (Å²) in [6.45, 7) is 2.36. The molecule has 0 atom stereocenters. The van der Waals surface area contributed by atoms with Gasteiger partial charge in [-0.15, -0.1) is 0 Å². The molecule has 0 bridgehead atoms. The summed E-state index contributed by atoms with van der Waals surface area (Å²) in [5.74, 6) is 0. The standard InChI is InChI=1S/C11H12BrN3/c12-11-9-4-3-8(7-10(9)13-14-11)15-5-1-2-6-15/h3-4,7H,1-2,5-6H2,(H,13,14). The monoisotopic (exact) mass is 265 g/mol. The maximum atomic E-state index is 4.25. The van der Waals surface area contributed by atoms with Gasteiger partial charge in [-0.1, -0.05) is 0 Å². The van der Waals surface area contributed by atoms with Crippen LogP contribution in [0.2, 0.25) is 0 Å². The van der Waals surface area contributed by atoms with Gasteiger partial charge in [-0.25, -0.2) is 0 Å². The zero-order valence-electron chi connectivity index (χ0n) is 8.33. The number of rotatable bonds is 1. The summed E-state index contributed by atoms with van der Waals surface area (Å²) in [4.78, 5) is 2.42. The van der Waals surface area contributed by atoms with Crippen LogP contribution >= 0.6 is 15.9 Å². The molecule has 2 heterocycles. The molecule has 1 fully saturated rings. The summed E-state index contributed by atoms with van der Waals surface area (Å²) in [6.07, 6.45) is 2.62. The maximum absolute atomic E-state index is 4.25. The topological polar surface area (TPSA) is 31.9 Å². The number of hydrogen-bond donors (Lipinski definition) is 1. The lowest BCUT2D eigenvalue weighted by atomic mass is 10.2. The molecular weight excluding hydrogens is 254 g/mol. The molecule has 2 aromatic rings. The molecule has 0 spiro atoms. The number of aromatic nitrogens is 2. The van der Waals surface area contributed by atoms with E-state index in [1.165, 1.54) is 31.6 Å². The van der Waals surface area contributed by atoms with Crippen molar-refractivity contribution in [3.05, 3.63) is 22.8 Å². The molecule has 0 radical (unpaired) electrons. The number of anilines is 1. The predicted molar refractivity (Wildman–Crippen MR) is 65.2 cm³/mol. The first-order valence-electron chi connectivity index (χ1n) is 5.23. The Hall–Kier alpha value is -1.03. The van der Waals surface area contributed by atoms with E-state index in [-0.39, 0.29) is 0 Å². The Labute approximate surface area is 96.6 Å². The van der Waals surface area contributed by atoms with Crippen LogP contribution in [0, 0.1) is 0 Å². The van der Waals surface area contributed by atoms with E-state index in [1.54, 1.807) is 0 Å². The fraction of sp³-hybridized carbons (Fsp3) is 0.364. The summed E-state index contributed by atoms with van der Waals surface area (Å²) in [5.41, 5.74) is 2.32. The molecule has 15 heavy (non-hydrogen) atoms. The van der Waals surface area contributed by atoms with Crippen LogP contribution in [0.1, 0.15) is 12.8 Å². The van der Waals surface area contributed by atoms with Gasteiger partial charge in [0.2, 0.25) is 0 Å². The average Bonchev–Trinajstić information content (AvgIpc) is 2.88. The molecule has 1 aliphatic rings. The van der Waals surface area contributed by atoms with Crippen molar-refractivity contribution in [2.75, 3.05) is 18.0 Å². The van der Waals surface area contributed by atoms with Crippen molar-refractivity contribution in [1.82, 2.24) is 10.2 Å². The van der Waals surface area contributed by atoms with Gasteiger partial charge in [-0.3, -0.25) is 5.10 Å². The molecular formula is C11H12BrN3. The highest BCUT2D eigenvalue weighted by molar-refractivity contribution is 9.10. The Morgan fingerprint density at radius 2 is 2.07 bits per heavy atom. The van der Waals surface area contributed by atoms with Crippen molar-refractivity contribution in [3.63, 3.8) is 0 Å². The Balaban J connectivity index is 2.05. The van der Waals surface area contributed by atoms with E-state index in [0.29, 0.717) is 0 Å². The first kappa shape index (κ1) is 9.21. The van der Waals surface area contributed by atoms with Crippen molar-refractivity contribution in [1.29, 1.82) is 0 Å². The van der Waals surface area contributed by atoms with Crippen LogP contribution in [0.15, 0.2) is 22.8 Å². The molecule has 1 aliphatic heterocycles. The van der Waals surface area contributed by atoms with Gasteiger partial charge in [0.05, 0.1) is 5.52 Å². The van der Waals surface area contributed by atoms with Crippen molar-refractivity contribution in [2.45, 2.75) is 12.8 Å². The van der Waals surface area contributed by atoms with E-state index in [2.05, 4.69) is 49.2 Å². The fourth-order valence-electron chi connectivity index (χ4n) is 2.14. The lowest BCUT2D eigenvalue weighted by Crippen LogP contribution is -2.17. The molecule has 0 unspecified atom stereocenters. The number of aromatic amines is 1. The minimum atomic E-state index is 0.963. The molecule has 1 saturated heterocycles. The highest BCUT2D eigenvalue weighted by atomic mass is 79.9. The first-order valence-corrected chi connectivity index (χ1v) is 6.02. The van der Waals surface area contributed by atoms with Gasteiger partial charge in [0.25, 0.3) is 0 Å². The second-order valence-corrected chi connectivity index (χ2v) is 4.73. The SMILES string of the molecule is Brc1[nH]nc2cc(N3CCCC3)ccc12. The average molecular weight is 266 g/mol. The van der Waals surface area contributed by atoms with Crippen LogP contribution in [-0.2, 0) is 0 Å². The van der Waals surface area contributed by atoms with E-state index in [9.17, 15) is 0 Å². The van der Waals surface area contributed by atoms with Crippen LogP contribution in [-0.4, -0.2) is 23.3 Å². The molecule has 0 aliphatic carbocycles. The Morgan fingerprint density at radius 1 is 1.27 bits per heavy atom. The van der Waals surface area contributed by atoms with Crippen LogP contribution in [0.5, 0.6) is 0 Å². The van der Waals surface area contributed by atoms with Crippen LogP contribution in [0.25, 0.3) is 10.9 Å². The molecule has 0 amide bonds. The van der Waals surface area contributed by atoms with Gasteiger partial charge in [0.1, 0.15) is 4.60 Å². The number of nitrogens with zero attached hydrogens (tertiary/aromatic N) is 2. The van der Waals surface area contributed by atoms with Crippen molar-refractivity contribution in [3.8, 4) is 0 Å². The largest absolute Gasteiger partial charge is 0.371 e. The highest BCUT2D eigenvalue weighted by Gasteiger charge is 2.13. The number of benzene rings is 1. The van der Waals surface area contributed by atoms with Crippen LogP contribution < -0.4 is 4.90 Å². The second-order valence-electron chi connectivity index (χ2n) is 3.93. The van der Waals surface area contributed by atoms with Gasteiger partial charge in [0.15, 0.2) is 0 Å². The normalized spacial score (nSPS) is 16.5. The third-order valence-electron chi connectivity index (χ3n) is 2.96. The lowest BCUT2D eigenvalue weighted by molar-refractivity contribution is 0.949. The minimum absolute atomic E-state index is 0.963. The summed E-state index contributed by atoms with van der Waals surface area (Å²) >= 11 is 3.44. The third-order valence-corrected chi connectivity index (χ3v) is 3.57. The molecule has 3 rings (SSSR count). The van der Waals surface area contributed by atoms with Crippen molar-refractivity contribution < 1.29 is 0 Å². The highest BCUT2D eigenvalue weighted by Crippen LogP contribution is 2.27. The smallest absolute Gasteiger partial charge is 0.108 e. The fourth-order valence-corrected chi connectivity index (χ4v) is 2.56. The molecule has 1 aromatic heterocycles. The van der Waals surface area contributed by atoms with E-state index in [4.69, 9.17) is 0 Å². The zero-order valence-corrected chi connectivity index (χ0v) is 9.92. The lowest BCUT2D eigenvalue weighted by Gasteiger charge is -2.17. The number of fused-ring (bicyclic) bond motifs is 1. The van der Waals surface area contributed by atoms with Crippen molar-refractivity contribution >= 4 is 32.5 Å². The van der Waals surface area contributed by atoms with E-state index >= 15 is 0 Å². The van der Waals surface area contributed by atoms with E-state index in [1.807, 2.05) is 0 Å². The zero-order chi connectivity index (χ0) is 10.3. The summed E-state index contributed by atoms with van der Waals surface area (Å²) in [5, 5.41) is 8.35. The molecule has 1 N–H and O–H groups in total. The number of H-pyrrole nitrogens is 1. The number of hydrogen-bond acceptors (Lipinski definition) is 2. The molecule has 4 heteroatoms. The predicted octanol–water partition coefficient (Wildman–Crippen LogP) is 2.93. The van der Waals surface area contributed by atoms with Crippen molar-refractivity contribution in [2.24, 2.45) is 0 Å². The van der Waals surface area contributed by atoms with Crippen LogP contribution in [0.3, 0.4) is 0 Å². The molecule has 3 nitrogen and oxygen atoms in total. The number of nitrogens with one attached hydrogen (secondary N) is 1. The molecule has 78 valence electrons. The number of halogens is 1. The minimum Gasteiger partial charge on any atom is -0.371 e. The van der Waals surface area contributed by atoms with Crippen LogP contribution in [0.4, 0.5) is 5.69 Å². The summed E-state index contributed by atoms with van der Waals surface area (Å²) in [6, 6.07) is 6.45. The van der Waals surface area contributed by atoms with E-state index in [0.717, 1.165) is 15.5 Å². The third kappa shape index (κ3) is 1.53. The molecule has 1 aromatic carbocycles. The van der Waals surface area contributed by atoms with Gasteiger partial charge in [0, 0.05) is 24.2 Å². The van der Waals surface area contributed by atoms with E-state index < -0.39 is 0 Å². The van der Waals surface area contributed by atoms with Gasteiger partial charge < -0.3 is 4.90 Å².